The summed E-state index contributed by atoms with van der Waals surface area (Å²) in [6, 6.07) is 8.65. The van der Waals surface area contributed by atoms with Gasteiger partial charge in [0.25, 0.3) is 0 Å². The fourth-order valence-electron chi connectivity index (χ4n) is 4.09. The van der Waals surface area contributed by atoms with Crippen molar-refractivity contribution in [3.63, 3.8) is 0 Å². The van der Waals surface area contributed by atoms with Crippen LogP contribution in [0.25, 0.3) is 0 Å². The molecule has 3 rings (SSSR count). The average Bonchev–Trinajstić information content (AvgIpc) is 2.49. The Morgan fingerprint density at radius 2 is 2.05 bits per heavy atom. The molecule has 1 N–H and O–H groups in total. The minimum atomic E-state index is -0.141. The highest BCUT2D eigenvalue weighted by Gasteiger charge is 2.33. The van der Waals surface area contributed by atoms with Crippen LogP contribution < -0.4 is 0 Å². The number of ether oxygens (including phenoxy) is 1. The third kappa shape index (κ3) is 3.32. The predicted molar refractivity (Wildman–Crippen MR) is 85.1 cm³/mol. The number of aliphatic hydroxyl groups is 1. The fraction of sp³-hybridized carbons (Fsp3) is 0.684. The van der Waals surface area contributed by atoms with Gasteiger partial charge in [-0.05, 0) is 61.0 Å². The summed E-state index contributed by atoms with van der Waals surface area (Å²) in [5.74, 6) is 1.87. The Hall–Kier alpha value is -0.860. The van der Waals surface area contributed by atoms with Crippen molar-refractivity contribution in [3.8, 4) is 0 Å². The smallest absolute Gasteiger partial charge is 0.0831 e. The predicted octanol–water partition coefficient (Wildman–Crippen LogP) is 4.12. The first-order valence-electron chi connectivity index (χ1n) is 8.52. The average molecular weight is 288 g/mol. The molecule has 1 aromatic rings. The van der Waals surface area contributed by atoms with E-state index < -0.39 is 0 Å². The summed E-state index contributed by atoms with van der Waals surface area (Å²) in [6.07, 6.45) is 5.33. The van der Waals surface area contributed by atoms with Crippen LogP contribution in [0.5, 0.6) is 0 Å². The second-order valence-corrected chi connectivity index (χ2v) is 7.19. The molecule has 1 saturated carbocycles. The van der Waals surface area contributed by atoms with Gasteiger partial charge in [0.15, 0.2) is 0 Å². The minimum Gasteiger partial charge on any atom is -0.393 e. The highest BCUT2D eigenvalue weighted by molar-refractivity contribution is 5.30. The first kappa shape index (κ1) is 15.1. The largest absolute Gasteiger partial charge is 0.393 e. The van der Waals surface area contributed by atoms with E-state index in [1.807, 2.05) is 0 Å². The van der Waals surface area contributed by atoms with Gasteiger partial charge in [0, 0.05) is 0 Å². The van der Waals surface area contributed by atoms with Crippen molar-refractivity contribution in [2.45, 2.75) is 58.2 Å². The van der Waals surface area contributed by atoms with E-state index in [1.165, 1.54) is 17.5 Å². The molecule has 1 aliphatic carbocycles. The van der Waals surface area contributed by atoms with E-state index in [2.05, 4.69) is 38.1 Å². The maximum absolute atomic E-state index is 10.4. The Balaban J connectivity index is 1.71. The van der Waals surface area contributed by atoms with Crippen LogP contribution in [0.1, 0.15) is 56.8 Å². The molecule has 21 heavy (non-hydrogen) atoms. The van der Waals surface area contributed by atoms with Crippen LogP contribution in [0.3, 0.4) is 0 Å². The minimum absolute atomic E-state index is 0.141. The molecule has 2 nitrogen and oxygen atoms in total. The summed E-state index contributed by atoms with van der Waals surface area (Å²) in [4.78, 5) is 0. The van der Waals surface area contributed by atoms with E-state index in [1.54, 1.807) is 0 Å². The lowest BCUT2D eigenvalue weighted by molar-refractivity contribution is -0.0228. The van der Waals surface area contributed by atoms with Gasteiger partial charge in [0.2, 0.25) is 0 Å². The van der Waals surface area contributed by atoms with Crippen molar-refractivity contribution in [2.24, 2.45) is 17.8 Å². The number of hydrogen-bond donors (Lipinski definition) is 1. The Kier molecular flexibility index (Phi) is 4.66. The molecule has 0 saturated heterocycles. The molecule has 0 bridgehead atoms. The molecular weight excluding hydrogens is 260 g/mol. The Labute approximate surface area is 128 Å². The lowest BCUT2D eigenvalue weighted by Gasteiger charge is -2.38. The zero-order valence-corrected chi connectivity index (χ0v) is 13.3. The molecule has 1 heterocycles. The molecule has 0 amide bonds. The molecule has 1 aromatic carbocycles. The van der Waals surface area contributed by atoms with E-state index in [0.717, 1.165) is 44.1 Å². The lowest BCUT2D eigenvalue weighted by Crippen LogP contribution is -2.33. The van der Waals surface area contributed by atoms with Gasteiger partial charge in [-0.2, -0.15) is 0 Å². The monoisotopic (exact) mass is 288 g/mol. The quantitative estimate of drug-likeness (QED) is 0.906. The SMILES string of the molecule is CC(C)C1CCC(O)C(CC2OCCc3ccccc32)C1. The van der Waals surface area contributed by atoms with Gasteiger partial charge in [-0.15, -0.1) is 0 Å². The van der Waals surface area contributed by atoms with Crippen molar-refractivity contribution in [1.82, 2.24) is 0 Å². The first-order valence-corrected chi connectivity index (χ1v) is 8.52. The van der Waals surface area contributed by atoms with Crippen LogP contribution in [0.4, 0.5) is 0 Å². The fourth-order valence-corrected chi connectivity index (χ4v) is 4.09. The highest BCUT2D eigenvalue weighted by atomic mass is 16.5. The summed E-state index contributed by atoms with van der Waals surface area (Å²) < 4.78 is 6.04. The number of aliphatic hydroxyl groups excluding tert-OH is 1. The summed E-state index contributed by atoms with van der Waals surface area (Å²) in [7, 11) is 0. The zero-order valence-electron chi connectivity index (χ0n) is 13.3. The van der Waals surface area contributed by atoms with E-state index >= 15 is 0 Å². The zero-order chi connectivity index (χ0) is 14.8. The summed E-state index contributed by atoms with van der Waals surface area (Å²) in [6.45, 7) is 5.44. The molecule has 1 aliphatic heterocycles. The van der Waals surface area contributed by atoms with Gasteiger partial charge >= 0.3 is 0 Å². The summed E-state index contributed by atoms with van der Waals surface area (Å²) in [5.41, 5.74) is 2.78. The van der Waals surface area contributed by atoms with Crippen LogP contribution >= 0.6 is 0 Å². The second-order valence-electron chi connectivity index (χ2n) is 7.19. The van der Waals surface area contributed by atoms with Gasteiger partial charge in [-0.25, -0.2) is 0 Å². The van der Waals surface area contributed by atoms with Crippen LogP contribution in [0.15, 0.2) is 24.3 Å². The maximum Gasteiger partial charge on any atom is 0.0831 e. The third-order valence-electron chi connectivity index (χ3n) is 5.53. The molecule has 4 unspecified atom stereocenters. The maximum atomic E-state index is 10.4. The van der Waals surface area contributed by atoms with Crippen LogP contribution in [-0.4, -0.2) is 17.8 Å². The van der Waals surface area contributed by atoms with E-state index in [0.29, 0.717) is 5.92 Å². The Morgan fingerprint density at radius 3 is 2.86 bits per heavy atom. The summed E-state index contributed by atoms with van der Waals surface area (Å²) in [5, 5.41) is 10.4. The van der Waals surface area contributed by atoms with Gasteiger partial charge in [-0.3, -0.25) is 0 Å². The van der Waals surface area contributed by atoms with Crippen LogP contribution in [0, 0.1) is 17.8 Å². The van der Waals surface area contributed by atoms with Gasteiger partial charge < -0.3 is 9.84 Å². The number of fused-ring (bicyclic) bond motifs is 1. The van der Waals surface area contributed by atoms with Gasteiger partial charge in [0.1, 0.15) is 0 Å². The van der Waals surface area contributed by atoms with E-state index in [9.17, 15) is 5.11 Å². The van der Waals surface area contributed by atoms with Gasteiger partial charge in [-0.1, -0.05) is 38.1 Å². The highest BCUT2D eigenvalue weighted by Crippen LogP contribution is 2.40. The van der Waals surface area contributed by atoms with Crippen molar-refractivity contribution in [1.29, 1.82) is 0 Å². The van der Waals surface area contributed by atoms with Crippen molar-refractivity contribution >= 4 is 0 Å². The van der Waals surface area contributed by atoms with Crippen LogP contribution in [0.2, 0.25) is 0 Å². The van der Waals surface area contributed by atoms with E-state index in [-0.39, 0.29) is 12.2 Å². The van der Waals surface area contributed by atoms with Crippen LogP contribution in [-0.2, 0) is 11.2 Å². The standard InChI is InChI=1S/C19H28O2/c1-13(2)15-7-8-18(20)16(11-15)12-19-17-6-4-3-5-14(17)9-10-21-19/h3-6,13,15-16,18-20H,7-12H2,1-2H3. The van der Waals surface area contributed by atoms with Gasteiger partial charge in [0.05, 0.1) is 18.8 Å². The molecule has 0 aromatic heterocycles. The molecule has 0 spiro atoms. The molecule has 116 valence electrons. The molecule has 0 radical (unpaired) electrons. The summed E-state index contributed by atoms with van der Waals surface area (Å²) >= 11 is 0. The Morgan fingerprint density at radius 1 is 1.24 bits per heavy atom. The molecule has 2 heteroatoms. The lowest BCUT2D eigenvalue weighted by atomic mass is 9.72. The topological polar surface area (TPSA) is 29.5 Å². The number of rotatable bonds is 3. The Bertz CT molecular complexity index is 468. The normalized spacial score (nSPS) is 33.0. The van der Waals surface area contributed by atoms with Crippen molar-refractivity contribution < 1.29 is 9.84 Å². The van der Waals surface area contributed by atoms with Crippen molar-refractivity contribution in [2.75, 3.05) is 6.61 Å². The van der Waals surface area contributed by atoms with E-state index in [4.69, 9.17) is 4.74 Å². The molecule has 2 aliphatic rings. The molecular formula is C19H28O2. The van der Waals surface area contributed by atoms with Crippen molar-refractivity contribution in [3.05, 3.63) is 35.4 Å². The number of hydrogen-bond acceptors (Lipinski definition) is 2. The molecule has 4 atom stereocenters. The second kappa shape index (κ2) is 6.50. The number of benzene rings is 1. The molecule has 1 fully saturated rings. The third-order valence-corrected chi connectivity index (χ3v) is 5.53. The first-order chi connectivity index (χ1) is 10.1.